The zero-order valence-electron chi connectivity index (χ0n) is 18.7. The SMILES string of the molecule is CCCNC(=O)[C@H]1[C@H]2C(=O)N(CCCCO)C(C(=O)NC(C)CCC)C23CC(Br)[C@@H]1O3. The molecule has 1 spiro atoms. The molecule has 3 fully saturated rings. The van der Waals surface area contributed by atoms with Crippen molar-refractivity contribution in [3.63, 3.8) is 0 Å². The minimum Gasteiger partial charge on any atom is -0.396 e. The Morgan fingerprint density at radius 3 is 2.68 bits per heavy atom. The molecule has 3 heterocycles. The van der Waals surface area contributed by atoms with Crippen LogP contribution in [0.4, 0.5) is 0 Å². The van der Waals surface area contributed by atoms with E-state index in [4.69, 9.17) is 4.74 Å². The first-order valence-corrected chi connectivity index (χ1v) is 12.5. The van der Waals surface area contributed by atoms with E-state index in [9.17, 15) is 19.5 Å². The van der Waals surface area contributed by atoms with Gasteiger partial charge in [-0.3, -0.25) is 14.4 Å². The van der Waals surface area contributed by atoms with Gasteiger partial charge in [0.15, 0.2) is 0 Å². The Balaban J connectivity index is 1.93. The molecule has 7 atom stereocenters. The third-order valence-electron chi connectivity index (χ3n) is 6.81. The van der Waals surface area contributed by atoms with Crippen LogP contribution in [0.1, 0.15) is 59.3 Å². The molecule has 0 aromatic rings. The molecule has 3 N–H and O–H groups in total. The maximum Gasteiger partial charge on any atom is 0.246 e. The van der Waals surface area contributed by atoms with Crippen molar-refractivity contribution in [1.29, 1.82) is 0 Å². The average molecular weight is 502 g/mol. The van der Waals surface area contributed by atoms with Crippen LogP contribution in [0.5, 0.6) is 0 Å². The number of carbonyl (C=O) groups excluding carboxylic acids is 3. The van der Waals surface area contributed by atoms with Gasteiger partial charge >= 0.3 is 0 Å². The predicted molar refractivity (Wildman–Crippen MR) is 120 cm³/mol. The summed E-state index contributed by atoms with van der Waals surface area (Å²) in [6.07, 6.45) is 3.83. The van der Waals surface area contributed by atoms with E-state index >= 15 is 0 Å². The number of carbonyl (C=O) groups is 3. The van der Waals surface area contributed by atoms with E-state index in [2.05, 4.69) is 33.5 Å². The van der Waals surface area contributed by atoms with Gasteiger partial charge in [0.05, 0.1) is 17.9 Å². The lowest BCUT2D eigenvalue weighted by Crippen LogP contribution is -2.57. The van der Waals surface area contributed by atoms with Crippen LogP contribution in [0.2, 0.25) is 0 Å². The number of nitrogens with one attached hydrogen (secondary N) is 2. The predicted octanol–water partition coefficient (Wildman–Crippen LogP) is 1.34. The van der Waals surface area contributed by atoms with Gasteiger partial charge in [0, 0.05) is 30.6 Å². The maximum atomic E-state index is 13.6. The van der Waals surface area contributed by atoms with Gasteiger partial charge in [-0.05, 0) is 39.0 Å². The molecule has 0 aromatic carbocycles. The van der Waals surface area contributed by atoms with Crippen LogP contribution in [-0.4, -0.2) is 76.0 Å². The molecule has 0 aromatic heterocycles. The maximum absolute atomic E-state index is 13.6. The molecule has 3 saturated heterocycles. The summed E-state index contributed by atoms with van der Waals surface area (Å²) in [4.78, 5) is 41.6. The van der Waals surface area contributed by atoms with Crippen molar-refractivity contribution in [2.24, 2.45) is 11.8 Å². The Morgan fingerprint density at radius 2 is 2.03 bits per heavy atom. The van der Waals surface area contributed by atoms with E-state index in [0.717, 1.165) is 19.3 Å². The first kappa shape index (κ1) is 24.5. The molecule has 8 nitrogen and oxygen atoms in total. The zero-order valence-corrected chi connectivity index (χ0v) is 20.3. The highest BCUT2D eigenvalue weighted by Gasteiger charge is 2.76. The lowest BCUT2D eigenvalue weighted by molar-refractivity contribution is -0.142. The minimum absolute atomic E-state index is 0.00985. The molecule has 0 radical (unpaired) electrons. The van der Waals surface area contributed by atoms with Gasteiger partial charge in [0.25, 0.3) is 0 Å². The lowest BCUT2D eigenvalue weighted by atomic mass is 9.70. The van der Waals surface area contributed by atoms with Crippen molar-refractivity contribution < 1.29 is 24.2 Å². The quantitative estimate of drug-likeness (QED) is 0.292. The molecule has 3 aliphatic heterocycles. The molecule has 3 amide bonds. The summed E-state index contributed by atoms with van der Waals surface area (Å²) in [6, 6.07) is -0.776. The number of nitrogens with zero attached hydrogens (tertiary/aromatic N) is 1. The molecule has 0 aliphatic carbocycles. The van der Waals surface area contributed by atoms with Gasteiger partial charge in [-0.15, -0.1) is 0 Å². The number of rotatable bonds is 11. The molecule has 4 unspecified atom stereocenters. The highest BCUT2D eigenvalue weighted by atomic mass is 79.9. The van der Waals surface area contributed by atoms with Crippen LogP contribution in [0.15, 0.2) is 0 Å². The van der Waals surface area contributed by atoms with Gasteiger partial charge in [0.2, 0.25) is 17.7 Å². The summed E-state index contributed by atoms with van der Waals surface area (Å²) in [5.41, 5.74) is -1.00. The minimum atomic E-state index is -1.00. The van der Waals surface area contributed by atoms with Gasteiger partial charge in [0.1, 0.15) is 11.6 Å². The molecule has 9 heteroatoms. The van der Waals surface area contributed by atoms with Crippen molar-refractivity contribution in [3.05, 3.63) is 0 Å². The Bertz CT molecular complexity index is 692. The molecule has 3 rings (SSSR count). The summed E-state index contributed by atoms with van der Waals surface area (Å²) >= 11 is 3.66. The normalized spacial score (nSPS) is 34.7. The van der Waals surface area contributed by atoms with Crippen molar-refractivity contribution in [1.82, 2.24) is 15.5 Å². The van der Waals surface area contributed by atoms with Crippen molar-refractivity contribution in [2.75, 3.05) is 19.7 Å². The number of aliphatic hydroxyl groups excluding tert-OH is 1. The summed E-state index contributed by atoms with van der Waals surface area (Å²) < 4.78 is 6.41. The second-order valence-electron chi connectivity index (χ2n) is 9.12. The van der Waals surface area contributed by atoms with Gasteiger partial charge in [-0.2, -0.15) is 0 Å². The molecular formula is C22H36BrN3O5. The smallest absolute Gasteiger partial charge is 0.246 e. The van der Waals surface area contributed by atoms with Gasteiger partial charge < -0.3 is 25.4 Å². The van der Waals surface area contributed by atoms with Crippen LogP contribution in [-0.2, 0) is 19.1 Å². The molecule has 2 bridgehead atoms. The van der Waals surface area contributed by atoms with E-state index < -0.39 is 29.6 Å². The van der Waals surface area contributed by atoms with E-state index in [0.29, 0.717) is 32.4 Å². The van der Waals surface area contributed by atoms with Crippen molar-refractivity contribution in [3.8, 4) is 0 Å². The largest absolute Gasteiger partial charge is 0.396 e. The van der Waals surface area contributed by atoms with Crippen LogP contribution >= 0.6 is 15.9 Å². The van der Waals surface area contributed by atoms with E-state index in [1.165, 1.54) is 0 Å². The van der Waals surface area contributed by atoms with Crippen LogP contribution in [0.25, 0.3) is 0 Å². The lowest BCUT2D eigenvalue weighted by Gasteiger charge is -2.34. The van der Waals surface area contributed by atoms with E-state index in [1.807, 2.05) is 13.8 Å². The number of halogens is 1. The number of likely N-dealkylation sites (tertiary alicyclic amines) is 1. The summed E-state index contributed by atoms with van der Waals surface area (Å²) in [5.74, 6) is -1.83. The third kappa shape index (κ3) is 4.37. The third-order valence-corrected chi connectivity index (χ3v) is 7.65. The van der Waals surface area contributed by atoms with E-state index in [-0.39, 0.29) is 35.2 Å². The van der Waals surface area contributed by atoms with Crippen LogP contribution < -0.4 is 10.6 Å². The fraction of sp³-hybridized carbons (Fsp3) is 0.864. The Kier molecular flexibility index (Phi) is 8.02. The number of ether oxygens (including phenoxy) is 1. The zero-order chi connectivity index (χ0) is 22.8. The Morgan fingerprint density at radius 1 is 1.29 bits per heavy atom. The van der Waals surface area contributed by atoms with Crippen molar-refractivity contribution in [2.45, 2.75) is 87.9 Å². The Hall–Kier alpha value is -1.19. The average Bonchev–Trinajstić information content (AvgIpc) is 3.30. The van der Waals surface area contributed by atoms with E-state index in [1.54, 1.807) is 4.90 Å². The number of unbranched alkanes of at least 4 members (excludes halogenated alkanes) is 1. The summed E-state index contributed by atoms with van der Waals surface area (Å²) in [5, 5.41) is 15.2. The van der Waals surface area contributed by atoms with Gasteiger partial charge in [-0.1, -0.05) is 36.2 Å². The summed E-state index contributed by atoms with van der Waals surface area (Å²) in [7, 11) is 0. The number of hydrogen-bond donors (Lipinski definition) is 3. The number of aliphatic hydroxyl groups is 1. The van der Waals surface area contributed by atoms with Crippen molar-refractivity contribution >= 4 is 33.7 Å². The molecule has 3 aliphatic rings. The number of amides is 3. The monoisotopic (exact) mass is 501 g/mol. The molecular weight excluding hydrogens is 466 g/mol. The number of hydrogen-bond acceptors (Lipinski definition) is 5. The first-order chi connectivity index (χ1) is 14.8. The fourth-order valence-corrected chi connectivity index (χ4v) is 6.50. The second kappa shape index (κ2) is 10.2. The molecule has 31 heavy (non-hydrogen) atoms. The highest BCUT2D eigenvalue weighted by Crippen LogP contribution is 2.60. The van der Waals surface area contributed by atoms with Crippen LogP contribution in [0, 0.1) is 11.8 Å². The van der Waals surface area contributed by atoms with Crippen LogP contribution in [0.3, 0.4) is 0 Å². The second-order valence-corrected chi connectivity index (χ2v) is 10.3. The first-order valence-electron chi connectivity index (χ1n) is 11.6. The highest BCUT2D eigenvalue weighted by molar-refractivity contribution is 9.09. The molecule has 0 saturated carbocycles. The standard InChI is InChI=1S/C22H36BrN3O5/c1-4-8-13(3)25-20(29)18-22-12-14(23)17(31-22)15(19(28)24-9-5-2)16(22)21(30)26(18)10-6-7-11-27/h13-18,27H,4-12H2,1-3H3,(H,24,28)(H,25,29)/t13?,14?,15-,16-,17-,18?,22?/m0/s1. The fourth-order valence-electron chi connectivity index (χ4n) is 5.56. The number of fused-ring (bicyclic) bond motifs is 1. The summed E-state index contributed by atoms with van der Waals surface area (Å²) in [6.45, 7) is 6.95. The topological polar surface area (TPSA) is 108 Å². The number of alkyl halides is 1. The Labute approximate surface area is 193 Å². The van der Waals surface area contributed by atoms with Gasteiger partial charge in [-0.25, -0.2) is 0 Å². The molecule has 176 valence electrons.